The van der Waals surface area contributed by atoms with Gasteiger partial charge in [0.05, 0.1) is 0 Å². The fourth-order valence-corrected chi connectivity index (χ4v) is 3.28. The number of hydrogen-bond donors (Lipinski definition) is 2. The molecule has 26 heavy (non-hydrogen) atoms. The molecule has 2 aromatic rings. The van der Waals surface area contributed by atoms with Gasteiger partial charge in [0.2, 0.25) is 11.8 Å². The molecular weight excluding hydrogens is 440 g/mol. The first kappa shape index (κ1) is 18.8. The van der Waals surface area contributed by atoms with Gasteiger partial charge in [0.1, 0.15) is 18.3 Å². The molecule has 1 heterocycles. The average molecular weight is 454 g/mol. The van der Waals surface area contributed by atoms with Crippen LogP contribution in [0.15, 0.2) is 46.9 Å². The fourth-order valence-electron chi connectivity index (χ4n) is 2.54. The fraction of sp³-hybridized carbons (Fsp3) is 0.167. The number of nitrogens with one attached hydrogen (secondary N) is 2. The van der Waals surface area contributed by atoms with E-state index in [2.05, 4.69) is 26.6 Å². The van der Waals surface area contributed by atoms with Crippen LogP contribution in [0.3, 0.4) is 0 Å². The minimum atomic E-state index is -0.867. The standard InChI is InChI=1S/C18H14BrClN2O3S/c19-12-3-6-15(25-9-10-1-4-13(20)5-2-10)11(7-12)8-14-16(23)21-18(26)22-17(14)24/h1-7,14H,8-9H2,(H2,21,22,23,24,26). The lowest BCUT2D eigenvalue weighted by atomic mass is 9.96. The third-order valence-corrected chi connectivity index (χ3v) is 4.81. The molecule has 2 aromatic carbocycles. The molecule has 0 aliphatic carbocycles. The van der Waals surface area contributed by atoms with Crippen LogP contribution in [0.4, 0.5) is 0 Å². The number of hydrogen-bond acceptors (Lipinski definition) is 4. The van der Waals surface area contributed by atoms with E-state index in [1.54, 1.807) is 18.2 Å². The van der Waals surface area contributed by atoms with Crippen molar-refractivity contribution in [3.63, 3.8) is 0 Å². The first-order chi connectivity index (χ1) is 12.4. The molecular formula is C18H14BrClN2O3S. The Morgan fingerprint density at radius 2 is 1.73 bits per heavy atom. The average Bonchev–Trinajstić information content (AvgIpc) is 2.58. The highest BCUT2D eigenvalue weighted by molar-refractivity contribution is 9.10. The van der Waals surface area contributed by atoms with Gasteiger partial charge in [0, 0.05) is 9.50 Å². The third-order valence-electron chi connectivity index (χ3n) is 3.86. The molecule has 0 unspecified atom stereocenters. The zero-order valence-corrected chi connectivity index (χ0v) is 16.6. The van der Waals surface area contributed by atoms with E-state index in [1.165, 1.54) is 0 Å². The molecule has 8 heteroatoms. The summed E-state index contributed by atoms with van der Waals surface area (Å²) in [6.45, 7) is 0.346. The van der Waals surface area contributed by atoms with Gasteiger partial charge in [-0.25, -0.2) is 0 Å². The van der Waals surface area contributed by atoms with Gasteiger partial charge in [-0.3, -0.25) is 9.59 Å². The monoisotopic (exact) mass is 452 g/mol. The number of amides is 2. The van der Waals surface area contributed by atoms with E-state index in [-0.39, 0.29) is 11.5 Å². The van der Waals surface area contributed by atoms with Crippen molar-refractivity contribution in [2.75, 3.05) is 0 Å². The lowest BCUT2D eigenvalue weighted by molar-refractivity contribution is -0.135. The first-order valence-electron chi connectivity index (χ1n) is 7.74. The lowest BCUT2D eigenvalue weighted by Gasteiger charge is -2.23. The van der Waals surface area contributed by atoms with E-state index >= 15 is 0 Å². The molecule has 1 aliphatic rings. The van der Waals surface area contributed by atoms with E-state index in [4.69, 9.17) is 28.6 Å². The lowest BCUT2D eigenvalue weighted by Crippen LogP contribution is -2.56. The maximum absolute atomic E-state index is 12.1. The van der Waals surface area contributed by atoms with Gasteiger partial charge in [0.25, 0.3) is 0 Å². The largest absolute Gasteiger partial charge is 0.489 e. The van der Waals surface area contributed by atoms with Crippen LogP contribution in [0.25, 0.3) is 0 Å². The summed E-state index contributed by atoms with van der Waals surface area (Å²) < 4.78 is 6.73. The molecule has 0 aromatic heterocycles. The summed E-state index contributed by atoms with van der Waals surface area (Å²) in [5.74, 6) is -1.09. The highest BCUT2D eigenvalue weighted by Gasteiger charge is 2.33. The van der Waals surface area contributed by atoms with Crippen LogP contribution in [-0.2, 0) is 22.6 Å². The topological polar surface area (TPSA) is 67.4 Å². The predicted octanol–water partition coefficient (Wildman–Crippen LogP) is 3.37. The molecule has 0 spiro atoms. The molecule has 0 radical (unpaired) electrons. The Labute approximate surface area is 169 Å². The summed E-state index contributed by atoms with van der Waals surface area (Å²) in [6, 6.07) is 12.8. The first-order valence-corrected chi connectivity index (χ1v) is 9.31. The third kappa shape index (κ3) is 4.60. The maximum atomic E-state index is 12.1. The summed E-state index contributed by atoms with van der Waals surface area (Å²) in [5.41, 5.74) is 1.71. The molecule has 0 atom stereocenters. The summed E-state index contributed by atoms with van der Waals surface area (Å²) in [7, 11) is 0. The van der Waals surface area contributed by atoms with Crippen LogP contribution in [0.1, 0.15) is 11.1 Å². The SMILES string of the molecule is O=C1NC(=S)NC(=O)C1Cc1cc(Br)ccc1OCc1ccc(Cl)cc1. The van der Waals surface area contributed by atoms with Crippen LogP contribution >= 0.6 is 39.7 Å². The van der Waals surface area contributed by atoms with Crippen molar-refractivity contribution in [3.05, 3.63) is 63.1 Å². The second-order valence-electron chi connectivity index (χ2n) is 5.73. The number of carbonyl (C=O) groups is 2. The molecule has 2 N–H and O–H groups in total. The van der Waals surface area contributed by atoms with E-state index in [9.17, 15) is 9.59 Å². The Hall–Kier alpha value is -1.96. The molecule has 3 rings (SSSR count). The molecule has 1 aliphatic heterocycles. The maximum Gasteiger partial charge on any atom is 0.239 e. The minimum Gasteiger partial charge on any atom is -0.489 e. The van der Waals surface area contributed by atoms with E-state index in [0.29, 0.717) is 17.4 Å². The molecule has 1 fully saturated rings. The number of thiocarbonyl (C=S) groups is 1. The molecule has 0 bridgehead atoms. The van der Waals surface area contributed by atoms with Crippen LogP contribution in [0.5, 0.6) is 5.75 Å². The van der Waals surface area contributed by atoms with E-state index in [1.807, 2.05) is 24.3 Å². The van der Waals surface area contributed by atoms with Crippen molar-refractivity contribution in [2.24, 2.45) is 5.92 Å². The molecule has 134 valence electrons. The van der Waals surface area contributed by atoms with Crippen molar-refractivity contribution >= 4 is 56.7 Å². The van der Waals surface area contributed by atoms with Crippen LogP contribution in [0.2, 0.25) is 5.02 Å². The Morgan fingerprint density at radius 1 is 1.08 bits per heavy atom. The van der Waals surface area contributed by atoms with Crippen LogP contribution in [0, 0.1) is 5.92 Å². The van der Waals surface area contributed by atoms with E-state index < -0.39 is 17.7 Å². The van der Waals surface area contributed by atoms with Gasteiger partial charge in [-0.05, 0) is 60.1 Å². The van der Waals surface area contributed by atoms with Crippen LogP contribution in [-0.4, -0.2) is 16.9 Å². The summed E-state index contributed by atoms with van der Waals surface area (Å²) in [5, 5.41) is 5.64. The van der Waals surface area contributed by atoms with Gasteiger partial charge >= 0.3 is 0 Å². The van der Waals surface area contributed by atoms with Crippen LogP contribution < -0.4 is 15.4 Å². The summed E-state index contributed by atoms with van der Waals surface area (Å²) in [4.78, 5) is 24.2. The number of halogens is 2. The summed E-state index contributed by atoms with van der Waals surface area (Å²) in [6.07, 6.45) is 0.204. The number of benzene rings is 2. The molecule has 5 nitrogen and oxygen atoms in total. The second kappa shape index (κ2) is 8.16. The normalized spacial score (nSPS) is 14.8. The minimum absolute atomic E-state index is 0.0321. The van der Waals surface area contributed by atoms with Gasteiger partial charge < -0.3 is 15.4 Å². The Bertz CT molecular complexity index is 853. The predicted molar refractivity (Wildman–Crippen MR) is 106 cm³/mol. The van der Waals surface area contributed by atoms with Gasteiger partial charge in [0.15, 0.2) is 5.11 Å². The van der Waals surface area contributed by atoms with Crippen molar-refractivity contribution in [2.45, 2.75) is 13.0 Å². The Morgan fingerprint density at radius 3 is 2.38 bits per heavy atom. The van der Waals surface area contributed by atoms with Gasteiger partial charge in [-0.1, -0.05) is 39.7 Å². The number of ether oxygens (including phenoxy) is 1. The number of carbonyl (C=O) groups excluding carboxylic acids is 2. The van der Waals surface area contributed by atoms with Crippen molar-refractivity contribution in [1.82, 2.24) is 10.6 Å². The number of rotatable bonds is 5. The van der Waals surface area contributed by atoms with Gasteiger partial charge in [-0.2, -0.15) is 0 Å². The smallest absolute Gasteiger partial charge is 0.239 e. The van der Waals surface area contributed by atoms with Crippen molar-refractivity contribution in [1.29, 1.82) is 0 Å². The van der Waals surface area contributed by atoms with E-state index in [0.717, 1.165) is 15.6 Å². The van der Waals surface area contributed by atoms with Crippen molar-refractivity contribution in [3.8, 4) is 5.75 Å². The summed E-state index contributed by atoms with van der Waals surface area (Å²) >= 11 is 14.1. The zero-order chi connectivity index (χ0) is 18.7. The molecule has 2 amide bonds. The molecule has 1 saturated heterocycles. The van der Waals surface area contributed by atoms with Crippen molar-refractivity contribution < 1.29 is 14.3 Å². The highest BCUT2D eigenvalue weighted by Crippen LogP contribution is 2.27. The highest BCUT2D eigenvalue weighted by atomic mass is 79.9. The Kier molecular flexibility index (Phi) is 5.90. The zero-order valence-electron chi connectivity index (χ0n) is 13.4. The quantitative estimate of drug-likeness (QED) is 0.538. The Balaban J connectivity index is 1.77. The second-order valence-corrected chi connectivity index (χ2v) is 7.49. The van der Waals surface area contributed by atoms with Gasteiger partial charge in [-0.15, -0.1) is 0 Å². The molecule has 0 saturated carbocycles.